The zero-order chi connectivity index (χ0) is 61.2. The van der Waals surface area contributed by atoms with Crippen LogP contribution in [0.15, 0.2) is 84.9 Å². The Hall–Kier alpha value is -4.21. The van der Waals surface area contributed by atoms with Crippen molar-refractivity contribution >= 4 is 150 Å². The predicted octanol–water partition coefficient (Wildman–Crippen LogP) is 24.0. The molecular formula is C73H82F2N4S8Si2. The van der Waals surface area contributed by atoms with Crippen molar-refractivity contribution in [2.45, 2.75) is 201 Å². The van der Waals surface area contributed by atoms with Crippen LogP contribution in [0.3, 0.4) is 0 Å². The number of unbranched alkanes of at least 4 members (excludes halogenated alkanes) is 15. The molecule has 1 atom stereocenters. The Balaban J connectivity index is 0.890. The van der Waals surface area contributed by atoms with Gasteiger partial charge in [0.2, 0.25) is 0 Å². The molecule has 1 unspecified atom stereocenters. The molecule has 10 heterocycles. The van der Waals surface area contributed by atoms with Crippen molar-refractivity contribution in [2.75, 3.05) is 0 Å². The van der Waals surface area contributed by atoms with Gasteiger partial charge in [-0.1, -0.05) is 169 Å². The highest BCUT2D eigenvalue weighted by atomic mass is 32.1. The Morgan fingerprint density at radius 3 is 1.22 bits per heavy atom. The minimum Gasteiger partial charge on any atom is -0.206 e. The second-order valence-corrected chi connectivity index (χ2v) is 41.6. The number of hydrogen-bond donors (Lipinski definition) is 0. The Kier molecular flexibility index (Phi) is 20.1. The van der Waals surface area contributed by atoms with E-state index in [4.69, 9.17) is 17.5 Å². The van der Waals surface area contributed by atoms with Crippen LogP contribution in [0.1, 0.15) is 173 Å². The first kappa shape index (κ1) is 63.5. The minimum absolute atomic E-state index is 0.214. The third-order valence-corrected chi connectivity index (χ3v) is 37.9. The Morgan fingerprint density at radius 2 is 0.730 bits per heavy atom. The molecule has 0 spiro atoms. The number of benzene rings is 3. The molecule has 89 heavy (non-hydrogen) atoms. The van der Waals surface area contributed by atoms with Crippen molar-refractivity contribution in [3.05, 3.63) is 106 Å². The van der Waals surface area contributed by atoms with Crippen LogP contribution in [-0.4, -0.2) is 33.6 Å². The number of aryl methyl sites for hydroxylation is 2. The summed E-state index contributed by atoms with van der Waals surface area (Å²) in [7, 11) is -4.86. The number of halogens is 2. The summed E-state index contributed by atoms with van der Waals surface area (Å²) in [6.45, 7) is 14.1. The van der Waals surface area contributed by atoms with Crippen molar-refractivity contribution in [1.82, 2.24) is 17.5 Å². The third kappa shape index (κ3) is 12.4. The SMILES string of the molecule is CCCCCCc1ccc(-c2ccc(-c3cc(F)c(-c4cc5c(s4)-c4cc6c(cc4[Si]5(C)CCCCCC)-c4sc(-c5c(F)cc(-c7ccc(-c8ccc(CCCCCC)s8)s7)c7nsnc57)cc4[Si]6(CCCCCC)CCCCCC)c4nsnc34)s2)s1. The summed E-state index contributed by atoms with van der Waals surface area (Å²) in [5.41, 5.74) is 8.61. The van der Waals surface area contributed by atoms with Gasteiger partial charge in [0, 0.05) is 69.7 Å². The normalized spacial score (nSPS) is 14.9. The molecule has 13 rings (SSSR count). The molecule has 0 aliphatic carbocycles. The first-order chi connectivity index (χ1) is 43.6. The van der Waals surface area contributed by atoms with Crippen LogP contribution in [0.4, 0.5) is 8.78 Å². The topological polar surface area (TPSA) is 51.6 Å². The van der Waals surface area contributed by atoms with Gasteiger partial charge in [-0.15, -0.1) is 68.0 Å². The van der Waals surface area contributed by atoms with E-state index in [0.29, 0.717) is 22.2 Å². The van der Waals surface area contributed by atoms with E-state index in [1.54, 1.807) is 51.3 Å². The molecule has 2 aliphatic heterocycles. The van der Waals surface area contributed by atoms with Crippen molar-refractivity contribution in [3.8, 4) is 82.2 Å². The van der Waals surface area contributed by atoms with Gasteiger partial charge in [-0.3, -0.25) is 0 Å². The van der Waals surface area contributed by atoms with Gasteiger partial charge < -0.3 is 0 Å². The summed E-state index contributed by atoms with van der Waals surface area (Å²) in [6.07, 6.45) is 26.8. The average Bonchev–Trinajstić information content (AvgIpc) is 1.54. The number of rotatable bonds is 31. The lowest BCUT2D eigenvalue weighted by atomic mass is 10.0. The van der Waals surface area contributed by atoms with E-state index < -0.39 is 16.1 Å². The van der Waals surface area contributed by atoms with Crippen LogP contribution in [0.2, 0.25) is 24.7 Å². The largest absolute Gasteiger partial charge is 0.206 e. The fraction of sp³-hybridized carbons (Fsp3) is 0.425. The zero-order valence-electron chi connectivity index (χ0n) is 52.6. The van der Waals surface area contributed by atoms with E-state index in [0.717, 1.165) is 60.6 Å². The van der Waals surface area contributed by atoms with E-state index in [1.165, 1.54) is 230 Å². The summed E-state index contributed by atoms with van der Waals surface area (Å²) < 4.78 is 54.9. The van der Waals surface area contributed by atoms with Gasteiger partial charge in [-0.05, 0) is 148 Å². The van der Waals surface area contributed by atoms with Gasteiger partial charge in [-0.25, -0.2) is 8.78 Å². The molecule has 0 fully saturated rings. The molecule has 0 N–H and O–H groups in total. The molecule has 8 aromatic heterocycles. The first-order valence-corrected chi connectivity index (χ1v) is 44.8. The number of hydrogen-bond acceptors (Lipinski definition) is 12. The number of aromatic nitrogens is 4. The van der Waals surface area contributed by atoms with E-state index in [1.807, 2.05) is 34.0 Å². The molecule has 11 aromatic rings. The zero-order valence-corrected chi connectivity index (χ0v) is 61.1. The lowest BCUT2D eigenvalue weighted by molar-refractivity contribution is 0.633. The smallest absolute Gasteiger partial charge is 0.134 e. The van der Waals surface area contributed by atoms with Crippen LogP contribution in [0.25, 0.3) is 104 Å². The molecule has 0 bridgehead atoms. The Morgan fingerprint density at radius 1 is 0.337 bits per heavy atom. The fourth-order valence-corrected chi connectivity index (χ4v) is 33.8. The summed E-state index contributed by atoms with van der Waals surface area (Å²) >= 11 is 13.3. The fourth-order valence-electron chi connectivity index (χ4n) is 14.5. The second kappa shape index (κ2) is 28.2. The molecule has 16 heteroatoms. The Bertz CT molecular complexity index is 4250. The molecule has 4 nitrogen and oxygen atoms in total. The third-order valence-electron chi connectivity index (χ3n) is 19.4. The highest BCUT2D eigenvalue weighted by Gasteiger charge is 2.50. The molecule has 0 amide bonds. The molecule has 3 aromatic carbocycles. The summed E-state index contributed by atoms with van der Waals surface area (Å²) in [5, 5.41) is 6.09. The summed E-state index contributed by atoms with van der Waals surface area (Å²) in [4.78, 5) is 14.6. The number of thiophene rings is 6. The molecular weight excluding hydrogens is 1280 g/mol. The van der Waals surface area contributed by atoms with Gasteiger partial charge >= 0.3 is 0 Å². The van der Waals surface area contributed by atoms with Gasteiger partial charge in [0.15, 0.2) is 0 Å². The lowest BCUT2D eigenvalue weighted by Gasteiger charge is -2.31. The van der Waals surface area contributed by atoms with Crippen molar-refractivity contribution in [2.24, 2.45) is 0 Å². The molecule has 464 valence electrons. The van der Waals surface area contributed by atoms with Crippen LogP contribution in [-0.2, 0) is 12.8 Å². The predicted molar refractivity (Wildman–Crippen MR) is 398 cm³/mol. The quantitative estimate of drug-likeness (QED) is 0.0321. The maximum Gasteiger partial charge on any atom is 0.134 e. The van der Waals surface area contributed by atoms with Gasteiger partial charge in [0.25, 0.3) is 0 Å². The van der Waals surface area contributed by atoms with Crippen molar-refractivity contribution < 1.29 is 8.78 Å². The van der Waals surface area contributed by atoms with Crippen LogP contribution in [0.5, 0.6) is 0 Å². The van der Waals surface area contributed by atoms with Gasteiger partial charge in [-0.2, -0.15) is 17.5 Å². The molecule has 0 saturated heterocycles. The van der Waals surface area contributed by atoms with Crippen LogP contribution in [0, 0.1) is 11.6 Å². The summed E-state index contributed by atoms with van der Waals surface area (Å²) in [6, 6.07) is 35.1. The first-order valence-electron chi connectivity index (χ1n) is 33.4. The second-order valence-electron chi connectivity index (χ2n) is 25.5. The maximum absolute atomic E-state index is 17.6. The number of fused-ring (bicyclic) bond motifs is 8. The highest BCUT2D eigenvalue weighted by molar-refractivity contribution is 7.26. The molecule has 0 radical (unpaired) electrons. The lowest BCUT2D eigenvalue weighted by Crippen LogP contribution is -2.56. The van der Waals surface area contributed by atoms with E-state index in [-0.39, 0.29) is 11.6 Å². The van der Waals surface area contributed by atoms with E-state index in [9.17, 15) is 0 Å². The summed E-state index contributed by atoms with van der Waals surface area (Å²) in [5.74, 6) is -0.436. The molecule has 2 aliphatic rings. The number of nitrogens with zero attached hydrogens (tertiary/aromatic N) is 4. The highest BCUT2D eigenvalue weighted by Crippen LogP contribution is 2.51. The standard InChI is InChI=1S/C73H82F2N4S8Si2/c1-7-12-17-22-27-46-29-31-56(80-46)58-35-33-54(82-58)48-40-52(74)66(70-68(48)76-86-78-70)60-44-64-72(84-60)50-43-63-51(42-62(50)88(64,6)37-24-19-14-9-3)73-65(89(63,38-25-20-15-10-4)39-26-21-16-11-5)45-61(85-73)67-53(75)41-49(69-71(67)79-87-77-69)55-34-36-59(83-55)57-32-30-47(81-57)28-23-18-13-8-2/h29-36,40-45H,7-28,37-39H2,1-6H3. The van der Waals surface area contributed by atoms with Crippen molar-refractivity contribution in [1.29, 1.82) is 0 Å². The van der Waals surface area contributed by atoms with E-state index >= 15 is 8.78 Å². The Labute approximate surface area is 560 Å². The monoisotopic (exact) mass is 1360 g/mol. The van der Waals surface area contributed by atoms with Crippen LogP contribution >= 0.6 is 91.5 Å². The average molecular weight is 1370 g/mol. The van der Waals surface area contributed by atoms with Crippen molar-refractivity contribution in [3.63, 3.8) is 0 Å². The minimum atomic E-state index is -2.46. The van der Waals surface area contributed by atoms with E-state index in [2.05, 4.69) is 114 Å². The molecule has 0 saturated carbocycles. The maximum atomic E-state index is 17.6. The van der Waals surface area contributed by atoms with Gasteiger partial charge in [0.1, 0.15) is 49.8 Å². The van der Waals surface area contributed by atoms with Crippen LogP contribution < -0.4 is 20.7 Å². The van der Waals surface area contributed by atoms with Gasteiger partial charge in [0.05, 0.1) is 34.6 Å².